The molecule has 5 heteroatoms. The van der Waals surface area contributed by atoms with Crippen LogP contribution in [-0.2, 0) is 9.59 Å². The van der Waals surface area contributed by atoms with Gasteiger partial charge in [0.05, 0.1) is 0 Å². The van der Waals surface area contributed by atoms with E-state index in [9.17, 15) is 9.59 Å². The summed E-state index contributed by atoms with van der Waals surface area (Å²) in [7, 11) is 0. The smallest absolute Gasteiger partial charge is 0.240 e. The van der Waals surface area contributed by atoms with E-state index in [1.165, 1.54) is 0 Å². The third-order valence-electron chi connectivity index (χ3n) is 4.35. The molecular formula is C15H29N3O2. The number of amides is 2. The first-order valence-electron chi connectivity index (χ1n) is 7.56. The highest BCUT2D eigenvalue weighted by atomic mass is 16.2. The summed E-state index contributed by atoms with van der Waals surface area (Å²) in [6.07, 6.45) is 3.79. The predicted octanol–water partition coefficient (Wildman–Crippen LogP) is 1.25. The van der Waals surface area contributed by atoms with Gasteiger partial charge < -0.3 is 16.4 Å². The number of nitrogens with zero attached hydrogens (tertiary/aromatic N) is 1. The van der Waals surface area contributed by atoms with Crippen molar-refractivity contribution in [3.8, 4) is 0 Å². The number of carbonyl (C=O) groups is 2. The van der Waals surface area contributed by atoms with Gasteiger partial charge in [0.2, 0.25) is 11.8 Å². The molecule has 5 nitrogen and oxygen atoms in total. The van der Waals surface area contributed by atoms with Crippen molar-refractivity contribution in [1.82, 2.24) is 4.90 Å². The molecule has 0 aromatic heterocycles. The average molecular weight is 283 g/mol. The number of likely N-dealkylation sites (tertiary alicyclic amines) is 1. The van der Waals surface area contributed by atoms with Crippen molar-refractivity contribution in [2.75, 3.05) is 13.1 Å². The van der Waals surface area contributed by atoms with Gasteiger partial charge in [-0.3, -0.25) is 9.59 Å². The first-order chi connectivity index (χ1) is 9.27. The zero-order chi connectivity index (χ0) is 15.3. The fraction of sp³-hybridized carbons (Fsp3) is 0.867. The summed E-state index contributed by atoms with van der Waals surface area (Å²) in [5.74, 6) is 0.0915. The summed E-state index contributed by atoms with van der Waals surface area (Å²) in [6.45, 7) is 7.84. The average Bonchev–Trinajstić information content (AvgIpc) is 2.81. The largest absolute Gasteiger partial charge is 0.368 e. The highest BCUT2D eigenvalue weighted by Crippen LogP contribution is 2.32. The van der Waals surface area contributed by atoms with Gasteiger partial charge in [0.15, 0.2) is 0 Å². The van der Waals surface area contributed by atoms with E-state index in [4.69, 9.17) is 11.5 Å². The zero-order valence-electron chi connectivity index (χ0n) is 13.0. The van der Waals surface area contributed by atoms with Crippen LogP contribution in [-0.4, -0.2) is 35.8 Å². The molecule has 2 unspecified atom stereocenters. The van der Waals surface area contributed by atoms with Crippen LogP contribution in [0.4, 0.5) is 0 Å². The van der Waals surface area contributed by atoms with Crippen molar-refractivity contribution in [1.29, 1.82) is 0 Å². The summed E-state index contributed by atoms with van der Waals surface area (Å²) < 4.78 is 0. The second kappa shape index (κ2) is 7.07. The second-order valence-corrected chi connectivity index (χ2v) is 6.83. The summed E-state index contributed by atoms with van der Waals surface area (Å²) in [4.78, 5) is 25.3. The van der Waals surface area contributed by atoms with Gasteiger partial charge in [-0.2, -0.15) is 0 Å². The van der Waals surface area contributed by atoms with E-state index in [0.717, 1.165) is 19.3 Å². The van der Waals surface area contributed by atoms with Crippen molar-refractivity contribution >= 4 is 11.8 Å². The minimum Gasteiger partial charge on any atom is -0.368 e. The molecule has 0 bridgehead atoms. The van der Waals surface area contributed by atoms with Crippen LogP contribution in [0.25, 0.3) is 0 Å². The minimum absolute atomic E-state index is 0.0533. The lowest BCUT2D eigenvalue weighted by molar-refractivity contribution is -0.137. The van der Waals surface area contributed by atoms with Crippen LogP contribution in [0.5, 0.6) is 0 Å². The van der Waals surface area contributed by atoms with E-state index in [2.05, 4.69) is 20.8 Å². The molecule has 4 N–H and O–H groups in total. The zero-order valence-corrected chi connectivity index (χ0v) is 13.0. The molecule has 2 atom stereocenters. The predicted molar refractivity (Wildman–Crippen MR) is 79.8 cm³/mol. The summed E-state index contributed by atoms with van der Waals surface area (Å²) >= 11 is 0. The Labute approximate surface area is 122 Å². The Kier molecular flexibility index (Phi) is 5.99. The maximum Gasteiger partial charge on any atom is 0.240 e. The van der Waals surface area contributed by atoms with E-state index in [0.29, 0.717) is 31.8 Å². The van der Waals surface area contributed by atoms with Gasteiger partial charge in [0, 0.05) is 13.0 Å². The summed E-state index contributed by atoms with van der Waals surface area (Å²) in [5.41, 5.74) is 11.2. The first-order valence-corrected chi connectivity index (χ1v) is 7.56. The SMILES string of the molecule is CC(C)(C)C(CCN)CCC(=O)N1CCCC1C(N)=O. The molecule has 116 valence electrons. The molecule has 1 heterocycles. The molecule has 0 aromatic rings. The van der Waals surface area contributed by atoms with E-state index < -0.39 is 6.04 Å². The Morgan fingerprint density at radius 3 is 2.45 bits per heavy atom. The highest BCUT2D eigenvalue weighted by molar-refractivity contribution is 5.87. The summed E-state index contributed by atoms with van der Waals surface area (Å²) in [5, 5.41) is 0. The van der Waals surface area contributed by atoms with Crippen LogP contribution >= 0.6 is 0 Å². The topological polar surface area (TPSA) is 89.4 Å². The van der Waals surface area contributed by atoms with Crippen LogP contribution in [0.3, 0.4) is 0 Å². The van der Waals surface area contributed by atoms with Crippen LogP contribution in [0.2, 0.25) is 0 Å². The van der Waals surface area contributed by atoms with Gasteiger partial charge in [0.1, 0.15) is 6.04 Å². The number of nitrogens with two attached hydrogens (primary N) is 2. The van der Waals surface area contributed by atoms with Crippen molar-refractivity contribution < 1.29 is 9.59 Å². The molecule has 20 heavy (non-hydrogen) atoms. The Hall–Kier alpha value is -1.10. The number of hydrogen-bond acceptors (Lipinski definition) is 3. The van der Waals surface area contributed by atoms with Crippen molar-refractivity contribution in [2.45, 2.75) is 58.9 Å². The van der Waals surface area contributed by atoms with Crippen molar-refractivity contribution in [3.63, 3.8) is 0 Å². The molecular weight excluding hydrogens is 254 g/mol. The molecule has 1 saturated heterocycles. The standard InChI is InChI=1S/C15H29N3O2/c1-15(2,3)11(8-9-16)6-7-13(19)18-10-4-5-12(18)14(17)20/h11-12H,4-10,16H2,1-3H3,(H2,17,20). The summed E-state index contributed by atoms with van der Waals surface area (Å²) in [6, 6.07) is -0.398. The van der Waals surface area contributed by atoms with Crippen LogP contribution in [0, 0.1) is 11.3 Å². The van der Waals surface area contributed by atoms with Gasteiger partial charge >= 0.3 is 0 Å². The Morgan fingerprint density at radius 2 is 1.95 bits per heavy atom. The van der Waals surface area contributed by atoms with Crippen LogP contribution in [0.15, 0.2) is 0 Å². The number of carbonyl (C=O) groups excluding carboxylic acids is 2. The molecule has 1 fully saturated rings. The second-order valence-electron chi connectivity index (χ2n) is 6.83. The van der Waals surface area contributed by atoms with Gasteiger partial charge in [-0.15, -0.1) is 0 Å². The first kappa shape index (κ1) is 17.0. The number of rotatable bonds is 6. The van der Waals surface area contributed by atoms with Gasteiger partial charge in [-0.05, 0) is 43.6 Å². The fourth-order valence-electron chi connectivity index (χ4n) is 3.01. The van der Waals surface area contributed by atoms with E-state index in [-0.39, 0.29) is 17.2 Å². The van der Waals surface area contributed by atoms with Crippen LogP contribution in [0.1, 0.15) is 52.9 Å². The Bertz CT molecular complexity index is 350. The molecule has 1 aliphatic heterocycles. The normalized spacial score (nSPS) is 21.0. The lowest BCUT2D eigenvalue weighted by Crippen LogP contribution is -2.43. The van der Waals surface area contributed by atoms with E-state index in [1.54, 1.807) is 4.90 Å². The molecule has 2 amide bonds. The fourth-order valence-corrected chi connectivity index (χ4v) is 3.01. The molecule has 0 aromatic carbocycles. The lowest BCUT2D eigenvalue weighted by atomic mass is 9.76. The van der Waals surface area contributed by atoms with Gasteiger partial charge in [-0.25, -0.2) is 0 Å². The monoisotopic (exact) mass is 283 g/mol. The third kappa shape index (κ3) is 4.47. The maximum absolute atomic E-state index is 12.3. The van der Waals surface area contributed by atoms with E-state index >= 15 is 0 Å². The Balaban J connectivity index is 2.55. The van der Waals surface area contributed by atoms with Gasteiger partial charge in [-0.1, -0.05) is 20.8 Å². The molecule has 0 spiro atoms. The molecule has 0 saturated carbocycles. The quantitative estimate of drug-likeness (QED) is 0.769. The lowest BCUT2D eigenvalue weighted by Gasteiger charge is -2.31. The number of primary amides is 1. The third-order valence-corrected chi connectivity index (χ3v) is 4.35. The van der Waals surface area contributed by atoms with Gasteiger partial charge in [0.25, 0.3) is 0 Å². The van der Waals surface area contributed by atoms with Crippen molar-refractivity contribution in [2.24, 2.45) is 22.8 Å². The molecule has 0 radical (unpaired) electrons. The van der Waals surface area contributed by atoms with Crippen LogP contribution < -0.4 is 11.5 Å². The molecule has 1 rings (SSSR count). The minimum atomic E-state index is -0.398. The van der Waals surface area contributed by atoms with E-state index in [1.807, 2.05) is 0 Å². The molecule has 0 aliphatic carbocycles. The number of hydrogen-bond donors (Lipinski definition) is 2. The maximum atomic E-state index is 12.3. The Morgan fingerprint density at radius 1 is 1.30 bits per heavy atom. The van der Waals surface area contributed by atoms with Crippen molar-refractivity contribution in [3.05, 3.63) is 0 Å². The highest BCUT2D eigenvalue weighted by Gasteiger charge is 2.33. The molecule has 1 aliphatic rings.